The summed E-state index contributed by atoms with van der Waals surface area (Å²) in [5.74, 6) is 0.359. The number of ether oxygens (including phenoxy) is 1. The van der Waals surface area contributed by atoms with Crippen LogP contribution in [0.3, 0.4) is 0 Å². The molecule has 2 aromatic carbocycles. The minimum atomic E-state index is -0.213. The molecule has 4 aromatic rings. The van der Waals surface area contributed by atoms with Gasteiger partial charge in [-0.25, -0.2) is 19.3 Å². The third-order valence-electron chi connectivity index (χ3n) is 7.76. The zero-order valence-corrected chi connectivity index (χ0v) is 25.9. The third kappa shape index (κ3) is 7.26. The van der Waals surface area contributed by atoms with Crippen molar-refractivity contribution in [3.8, 4) is 5.88 Å². The van der Waals surface area contributed by atoms with Gasteiger partial charge in [0.05, 0.1) is 34.4 Å². The fraction of sp³-hybridized carbons (Fsp3) is 0.333. The van der Waals surface area contributed by atoms with Gasteiger partial charge in [-0.05, 0) is 85.2 Å². The van der Waals surface area contributed by atoms with Crippen LogP contribution >= 0.6 is 11.9 Å². The minimum absolute atomic E-state index is 0.0476. The molecule has 0 fully saturated rings. The molecular formula is C33H39N7O2S. The van der Waals surface area contributed by atoms with E-state index in [1.165, 1.54) is 17.5 Å². The molecule has 43 heavy (non-hydrogen) atoms. The van der Waals surface area contributed by atoms with E-state index in [-0.39, 0.29) is 24.3 Å². The summed E-state index contributed by atoms with van der Waals surface area (Å²) in [5.41, 5.74) is 14.2. The first kappa shape index (κ1) is 30.3. The van der Waals surface area contributed by atoms with E-state index in [4.69, 9.17) is 10.5 Å². The van der Waals surface area contributed by atoms with Gasteiger partial charge in [-0.15, -0.1) is 0 Å². The van der Waals surface area contributed by atoms with Crippen molar-refractivity contribution in [2.45, 2.75) is 64.0 Å². The van der Waals surface area contributed by atoms with Crippen LogP contribution in [0.5, 0.6) is 5.88 Å². The summed E-state index contributed by atoms with van der Waals surface area (Å²) in [6, 6.07) is 14.6. The molecule has 5 rings (SSSR count). The lowest BCUT2D eigenvalue weighted by molar-refractivity contribution is -0.116. The molecule has 1 unspecified atom stereocenters. The molecule has 1 amide bonds. The van der Waals surface area contributed by atoms with Gasteiger partial charge in [0.1, 0.15) is 12.4 Å². The number of benzene rings is 2. The second kappa shape index (κ2) is 13.9. The summed E-state index contributed by atoms with van der Waals surface area (Å²) < 4.78 is 8.57. The predicted molar refractivity (Wildman–Crippen MR) is 173 cm³/mol. The van der Waals surface area contributed by atoms with Crippen molar-refractivity contribution in [3.63, 3.8) is 0 Å². The molecule has 1 aliphatic rings. The first-order valence-electron chi connectivity index (χ1n) is 14.7. The first-order valence-corrected chi connectivity index (χ1v) is 15.4. The first-order chi connectivity index (χ1) is 20.9. The van der Waals surface area contributed by atoms with E-state index in [2.05, 4.69) is 74.1 Å². The van der Waals surface area contributed by atoms with E-state index in [1.54, 1.807) is 30.5 Å². The third-order valence-corrected chi connectivity index (χ3v) is 8.80. The smallest absolute Gasteiger partial charge is 0.228 e. The summed E-state index contributed by atoms with van der Waals surface area (Å²) in [5, 5.41) is 6.30. The van der Waals surface area contributed by atoms with Crippen LogP contribution in [0.2, 0.25) is 0 Å². The van der Waals surface area contributed by atoms with Crippen molar-refractivity contribution in [1.82, 2.24) is 19.3 Å². The van der Waals surface area contributed by atoms with Crippen LogP contribution in [-0.4, -0.2) is 44.4 Å². The van der Waals surface area contributed by atoms with Crippen LogP contribution in [-0.2, 0) is 11.3 Å². The zero-order chi connectivity index (χ0) is 30.3. The van der Waals surface area contributed by atoms with Crippen molar-refractivity contribution in [3.05, 3.63) is 95.2 Å². The highest BCUT2D eigenvalue weighted by Crippen LogP contribution is 2.38. The van der Waals surface area contributed by atoms with Gasteiger partial charge in [0, 0.05) is 38.2 Å². The van der Waals surface area contributed by atoms with Gasteiger partial charge in [-0.2, -0.15) is 0 Å². The topological polar surface area (TPSA) is 118 Å². The van der Waals surface area contributed by atoms with E-state index in [0.29, 0.717) is 17.3 Å². The Morgan fingerprint density at radius 2 is 1.98 bits per heavy atom. The van der Waals surface area contributed by atoms with Gasteiger partial charge in [-0.1, -0.05) is 31.2 Å². The summed E-state index contributed by atoms with van der Waals surface area (Å²) in [4.78, 5) is 26.9. The standard InChI is InChI=1S/C33H39N7O2S/c1-5-26-19-40(43-30-8-7-13-38-33(30)42-26)18-24-14-23(10-9-21(24)3)28(15-31(41)39-25-16-35-20-36-17-25)27-11-12-29(37-6-2)32(34)22(27)4/h7-14,16-17,20,26,28,37H,5-6,15,18-19,34H2,1-4H3,(H,39,41)/t26-,28?/m1/s1. The Kier molecular flexibility index (Phi) is 9.79. The van der Waals surface area contributed by atoms with Gasteiger partial charge in [-0.3, -0.25) is 4.79 Å². The number of nitrogens with zero attached hydrogens (tertiary/aromatic N) is 4. The summed E-state index contributed by atoms with van der Waals surface area (Å²) in [6.07, 6.45) is 7.58. The fourth-order valence-electron chi connectivity index (χ4n) is 5.35. The Labute approximate surface area is 257 Å². The number of amides is 1. The Balaban J connectivity index is 1.48. The minimum Gasteiger partial charge on any atom is -0.472 e. The highest BCUT2D eigenvalue weighted by Gasteiger charge is 2.26. The lowest BCUT2D eigenvalue weighted by atomic mass is 9.83. The van der Waals surface area contributed by atoms with Crippen molar-refractivity contribution in [2.75, 3.05) is 29.5 Å². The SMILES string of the molecule is CCNc1ccc(C(CC(=O)Nc2cncnc2)c2ccc(C)c(CN3C[C@@H](CC)Oc4ncccc4S3)c2)c(C)c1N. The summed E-state index contributed by atoms with van der Waals surface area (Å²) in [6.45, 7) is 10.6. The van der Waals surface area contributed by atoms with Crippen LogP contribution in [0.25, 0.3) is 0 Å². The monoisotopic (exact) mass is 597 g/mol. The number of carbonyl (C=O) groups is 1. The molecule has 0 saturated carbocycles. The van der Waals surface area contributed by atoms with Crippen molar-refractivity contribution in [1.29, 1.82) is 0 Å². The zero-order valence-electron chi connectivity index (χ0n) is 25.1. The van der Waals surface area contributed by atoms with Crippen molar-refractivity contribution in [2.24, 2.45) is 0 Å². The number of pyridine rings is 1. The number of hydrogen-bond donors (Lipinski definition) is 3. The van der Waals surface area contributed by atoms with Crippen molar-refractivity contribution < 1.29 is 9.53 Å². The number of aromatic nitrogens is 3. The molecule has 2 aromatic heterocycles. The predicted octanol–water partition coefficient (Wildman–Crippen LogP) is 6.34. The number of anilines is 3. The lowest BCUT2D eigenvalue weighted by Gasteiger charge is -2.25. The fourth-order valence-corrected chi connectivity index (χ4v) is 6.39. The largest absolute Gasteiger partial charge is 0.472 e. The number of aryl methyl sites for hydroxylation is 1. The normalized spacial score (nSPS) is 15.6. The molecule has 1 aliphatic heterocycles. The molecule has 0 aliphatic carbocycles. The maximum atomic E-state index is 13.4. The van der Waals surface area contributed by atoms with E-state index < -0.39 is 0 Å². The number of nitrogens with one attached hydrogen (secondary N) is 2. The van der Waals surface area contributed by atoms with E-state index >= 15 is 0 Å². The Bertz CT molecular complexity index is 1570. The Morgan fingerprint density at radius 3 is 2.74 bits per heavy atom. The molecule has 0 bridgehead atoms. The van der Waals surface area contributed by atoms with Crippen LogP contribution in [0.15, 0.2) is 72.3 Å². The van der Waals surface area contributed by atoms with Gasteiger partial charge >= 0.3 is 0 Å². The number of hydrogen-bond acceptors (Lipinski definition) is 9. The van der Waals surface area contributed by atoms with Gasteiger partial charge in [0.25, 0.3) is 0 Å². The second-order valence-corrected chi connectivity index (χ2v) is 11.9. The number of fused-ring (bicyclic) bond motifs is 1. The van der Waals surface area contributed by atoms with Crippen LogP contribution < -0.4 is 21.1 Å². The summed E-state index contributed by atoms with van der Waals surface area (Å²) >= 11 is 1.68. The van der Waals surface area contributed by atoms with Crippen molar-refractivity contribution >= 4 is 34.9 Å². The highest BCUT2D eigenvalue weighted by molar-refractivity contribution is 7.97. The number of nitrogen functional groups attached to an aromatic ring is 1. The number of rotatable bonds is 10. The average molecular weight is 598 g/mol. The lowest BCUT2D eigenvalue weighted by Crippen LogP contribution is -2.29. The number of nitrogens with two attached hydrogens (primary N) is 1. The van der Waals surface area contributed by atoms with Crippen LogP contribution in [0.4, 0.5) is 17.1 Å². The molecule has 0 saturated heterocycles. The molecule has 2 atom stereocenters. The van der Waals surface area contributed by atoms with E-state index in [1.807, 2.05) is 26.0 Å². The highest BCUT2D eigenvalue weighted by atomic mass is 32.2. The number of carbonyl (C=O) groups excluding carboxylic acids is 1. The van der Waals surface area contributed by atoms with Crippen LogP contribution in [0.1, 0.15) is 60.4 Å². The molecular weight excluding hydrogens is 558 g/mol. The Morgan fingerprint density at radius 1 is 1.16 bits per heavy atom. The molecule has 0 radical (unpaired) electrons. The summed E-state index contributed by atoms with van der Waals surface area (Å²) in [7, 11) is 0. The maximum Gasteiger partial charge on any atom is 0.228 e. The Hall–Kier alpha value is -4.15. The van der Waals surface area contributed by atoms with E-state index in [9.17, 15) is 4.79 Å². The van der Waals surface area contributed by atoms with E-state index in [0.717, 1.165) is 53.3 Å². The molecule has 0 spiro atoms. The average Bonchev–Trinajstić information content (AvgIpc) is 3.19. The van der Waals surface area contributed by atoms with Gasteiger partial charge < -0.3 is 21.1 Å². The van der Waals surface area contributed by atoms with Gasteiger partial charge in [0.2, 0.25) is 11.8 Å². The van der Waals surface area contributed by atoms with Gasteiger partial charge in [0.15, 0.2) is 0 Å². The molecule has 4 N–H and O–H groups in total. The maximum absolute atomic E-state index is 13.4. The van der Waals surface area contributed by atoms with Crippen LogP contribution in [0, 0.1) is 13.8 Å². The molecule has 9 nitrogen and oxygen atoms in total. The molecule has 224 valence electrons. The quantitative estimate of drug-likeness (QED) is 0.142. The molecule has 3 heterocycles. The second-order valence-electron chi connectivity index (χ2n) is 10.8. The molecule has 10 heteroatoms.